The quantitative estimate of drug-likeness (QED) is 0.628. The van der Waals surface area contributed by atoms with E-state index in [0.717, 1.165) is 11.1 Å². The Hall–Kier alpha value is -3.26. The van der Waals surface area contributed by atoms with Crippen LogP contribution in [0.5, 0.6) is 5.75 Å². The van der Waals surface area contributed by atoms with Crippen molar-refractivity contribution in [1.82, 2.24) is 19.4 Å². The molecule has 1 amide bonds. The van der Waals surface area contributed by atoms with Crippen molar-refractivity contribution in [1.29, 1.82) is 0 Å². The number of carbonyl (C=O) groups is 1. The standard InChI is InChI=1S/C23H25FN4O3/c1-16-4-3-5-18-22(16)25-15-28(23(18)30)14-21(29)27-10-8-26(9-11-27)13-17-6-7-20(31-2)19(24)12-17/h3-7,12,15H,8-11,13-14H2,1-2H3. The number of hydrogen-bond acceptors (Lipinski definition) is 5. The average molecular weight is 424 g/mol. The highest BCUT2D eigenvalue weighted by atomic mass is 19.1. The number of benzene rings is 2. The Kier molecular flexibility index (Phi) is 5.99. The number of nitrogens with zero attached hydrogens (tertiary/aromatic N) is 4. The summed E-state index contributed by atoms with van der Waals surface area (Å²) in [6, 6.07) is 10.4. The number of aryl methyl sites for hydroxylation is 1. The number of aromatic nitrogens is 2. The molecule has 0 saturated carbocycles. The van der Waals surface area contributed by atoms with Crippen molar-refractivity contribution < 1.29 is 13.9 Å². The van der Waals surface area contributed by atoms with Gasteiger partial charge in [-0.3, -0.25) is 19.1 Å². The molecule has 3 aromatic rings. The average Bonchev–Trinajstić information content (AvgIpc) is 2.77. The number of rotatable bonds is 5. The molecule has 31 heavy (non-hydrogen) atoms. The lowest BCUT2D eigenvalue weighted by atomic mass is 10.1. The fourth-order valence-corrected chi connectivity index (χ4v) is 3.92. The lowest BCUT2D eigenvalue weighted by molar-refractivity contribution is -0.133. The van der Waals surface area contributed by atoms with Crippen molar-refractivity contribution in [3.05, 3.63) is 70.0 Å². The molecule has 1 aliphatic heterocycles. The van der Waals surface area contributed by atoms with Gasteiger partial charge in [0.05, 0.1) is 24.3 Å². The molecule has 0 bridgehead atoms. The van der Waals surface area contributed by atoms with Gasteiger partial charge in [0.15, 0.2) is 11.6 Å². The van der Waals surface area contributed by atoms with Gasteiger partial charge in [0.2, 0.25) is 5.91 Å². The number of halogens is 1. The van der Waals surface area contributed by atoms with Crippen LogP contribution >= 0.6 is 0 Å². The minimum atomic E-state index is -0.376. The second kappa shape index (κ2) is 8.85. The van der Waals surface area contributed by atoms with Crippen LogP contribution in [0, 0.1) is 12.7 Å². The predicted octanol–water partition coefficient (Wildman–Crippen LogP) is 2.20. The van der Waals surface area contributed by atoms with E-state index in [0.29, 0.717) is 43.6 Å². The molecule has 2 aromatic carbocycles. The smallest absolute Gasteiger partial charge is 0.261 e. The summed E-state index contributed by atoms with van der Waals surface area (Å²) in [5, 5.41) is 0.520. The van der Waals surface area contributed by atoms with Gasteiger partial charge >= 0.3 is 0 Å². The highest BCUT2D eigenvalue weighted by Gasteiger charge is 2.22. The van der Waals surface area contributed by atoms with Crippen LogP contribution in [0.25, 0.3) is 10.9 Å². The summed E-state index contributed by atoms with van der Waals surface area (Å²) in [5.41, 5.74) is 2.25. The molecule has 8 heteroatoms. The first kappa shape index (κ1) is 21.0. The highest BCUT2D eigenvalue weighted by Crippen LogP contribution is 2.19. The SMILES string of the molecule is COc1ccc(CN2CCN(C(=O)Cn3cnc4c(C)cccc4c3=O)CC2)cc1F. The maximum absolute atomic E-state index is 13.9. The van der Waals surface area contributed by atoms with Crippen LogP contribution in [0.4, 0.5) is 4.39 Å². The van der Waals surface area contributed by atoms with Crippen LogP contribution in [0.2, 0.25) is 0 Å². The van der Waals surface area contributed by atoms with Crippen molar-refractivity contribution >= 4 is 16.8 Å². The van der Waals surface area contributed by atoms with Crippen molar-refractivity contribution in [2.75, 3.05) is 33.3 Å². The Morgan fingerprint density at radius 2 is 1.94 bits per heavy atom. The summed E-state index contributed by atoms with van der Waals surface area (Å²) < 4.78 is 20.2. The van der Waals surface area contributed by atoms with Gasteiger partial charge in [0, 0.05) is 32.7 Å². The summed E-state index contributed by atoms with van der Waals surface area (Å²) in [6.07, 6.45) is 1.45. The predicted molar refractivity (Wildman–Crippen MR) is 116 cm³/mol. The van der Waals surface area contributed by atoms with Gasteiger partial charge in [0.25, 0.3) is 5.56 Å². The number of fused-ring (bicyclic) bond motifs is 1. The maximum Gasteiger partial charge on any atom is 0.261 e. The van der Waals surface area contributed by atoms with Crippen LogP contribution in [-0.2, 0) is 17.9 Å². The van der Waals surface area contributed by atoms with E-state index in [1.54, 1.807) is 17.0 Å². The number of hydrogen-bond donors (Lipinski definition) is 0. The zero-order valence-corrected chi connectivity index (χ0v) is 17.7. The summed E-state index contributed by atoms with van der Waals surface area (Å²) >= 11 is 0. The fraction of sp³-hybridized carbons (Fsp3) is 0.348. The van der Waals surface area contributed by atoms with Gasteiger partial charge in [-0.25, -0.2) is 9.37 Å². The van der Waals surface area contributed by atoms with Crippen molar-refractivity contribution in [2.45, 2.75) is 20.0 Å². The molecule has 0 unspecified atom stereocenters. The molecule has 7 nitrogen and oxygen atoms in total. The molecule has 0 aliphatic carbocycles. The van der Waals surface area contributed by atoms with Gasteiger partial charge in [0.1, 0.15) is 6.54 Å². The molecule has 1 aromatic heterocycles. The van der Waals surface area contributed by atoms with E-state index in [-0.39, 0.29) is 29.6 Å². The fourth-order valence-electron chi connectivity index (χ4n) is 3.92. The lowest BCUT2D eigenvalue weighted by Crippen LogP contribution is -2.49. The number of amides is 1. The third kappa shape index (κ3) is 4.44. The first-order chi connectivity index (χ1) is 15.0. The van der Waals surface area contributed by atoms with E-state index in [1.165, 1.54) is 24.1 Å². The normalized spacial score (nSPS) is 14.7. The van der Waals surface area contributed by atoms with E-state index >= 15 is 0 Å². The summed E-state index contributed by atoms with van der Waals surface area (Å²) in [6.45, 7) is 4.98. The van der Waals surface area contributed by atoms with Crippen LogP contribution in [0.3, 0.4) is 0 Å². The van der Waals surface area contributed by atoms with E-state index in [1.807, 2.05) is 25.1 Å². The Morgan fingerprint density at radius 1 is 1.16 bits per heavy atom. The third-order valence-electron chi connectivity index (χ3n) is 5.71. The lowest BCUT2D eigenvalue weighted by Gasteiger charge is -2.34. The van der Waals surface area contributed by atoms with E-state index in [2.05, 4.69) is 9.88 Å². The second-order valence-electron chi connectivity index (χ2n) is 7.77. The molecular formula is C23H25FN4O3. The van der Waals surface area contributed by atoms with E-state index in [9.17, 15) is 14.0 Å². The molecule has 1 saturated heterocycles. The topological polar surface area (TPSA) is 67.7 Å². The van der Waals surface area contributed by atoms with Gasteiger partial charge in [-0.05, 0) is 36.2 Å². The summed E-state index contributed by atoms with van der Waals surface area (Å²) in [4.78, 5) is 33.8. The molecule has 0 radical (unpaired) electrons. The van der Waals surface area contributed by atoms with Crippen LogP contribution in [-0.4, -0.2) is 58.5 Å². The Labute approximate surface area is 179 Å². The molecule has 1 fully saturated rings. The van der Waals surface area contributed by atoms with Crippen LogP contribution in [0.15, 0.2) is 47.5 Å². The Bertz CT molecular complexity index is 1170. The number of carbonyl (C=O) groups excluding carboxylic acids is 1. The largest absolute Gasteiger partial charge is 0.494 e. The highest BCUT2D eigenvalue weighted by molar-refractivity contribution is 5.81. The number of ether oxygens (including phenoxy) is 1. The molecule has 1 aliphatic rings. The van der Waals surface area contributed by atoms with Crippen molar-refractivity contribution in [3.63, 3.8) is 0 Å². The minimum absolute atomic E-state index is 0.0284. The van der Waals surface area contributed by atoms with Crippen LogP contribution in [0.1, 0.15) is 11.1 Å². The summed E-state index contributed by atoms with van der Waals surface area (Å²) in [7, 11) is 1.44. The zero-order valence-electron chi connectivity index (χ0n) is 17.7. The van der Waals surface area contributed by atoms with Gasteiger partial charge < -0.3 is 9.64 Å². The third-order valence-corrected chi connectivity index (χ3v) is 5.71. The first-order valence-electron chi connectivity index (χ1n) is 10.2. The molecule has 0 atom stereocenters. The first-order valence-corrected chi connectivity index (χ1v) is 10.2. The molecule has 2 heterocycles. The summed E-state index contributed by atoms with van der Waals surface area (Å²) in [5.74, 6) is -0.253. The number of para-hydroxylation sites is 1. The van der Waals surface area contributed by atoms with E-state index < -0.39 is 0 Å². The van der Waals surface area contributed by atoms with Gasteiger partial charge in [-0.2, -0.15) is 0 Å². The number of methoxy groups -OCH3 is 1. The molecule has 162 valence electrons. The van der Waals surface area contributed by atoms with E-state index in [4.69, 9.17) is 4.74 Å². The van der Waals surface area contributed by atoms with Crippen molar-refractivity contribution in [3.8, 4) is 5.75 Å². The zero-order chi connectivity index (χ0) is 22.0. The Balaban J connectivity index is 1.36. The van der Waals surface area contributed by atoms with Crippen LogP contribution < -0.4 is 10.3 Å². The molecular weight excluding hydrogens is 399 g/mol. The monoisotopic (exact) mass is 424 g/mol. The second-order valence-corrected chi connectivity index (χ2v) is 7.77. The molecule has 0 spiro atoms. The molecule has 4 rings (SSSR count). The van der Waals surface area contributed by atoms with Gasteiger partial charge in [-0.1, -0.05) is 18.2 Å². The van der Waals surface area contributed by atoms with Gasteiger partial charge in [-0.15, -0.1) is 0 Å². The Morgan fingerprint density at radius 3 is 2.65 bits per heavy atom. The number of piperazine rings is 1. The minimum Gasteiger partial charge on any atom is -0.494 e. The molecule has 0 N–H and O–H groups in total. The van der Waals surface area contributed by atoms with Crippen molar-refractivity contribution in [2.24, 2.45) is 0 Å². The maximum atomic E-state index is 13.9.